The Morgan fingerprint density at radius 3 is 3.00 bits per heavy atom. The van der Waals surface area contributed by atoms with Gasteiger partial charge in [-0.1, -0.05) is 23.4 Å². The van der Waals surface area contributed by atoms with Gasteiger partial charge < -0.3 is 14.6 Å². The number of nitrogens with zero attached hydrogens (tertiary/aromatic N) is 2. The first-order valence-corrected chi connectivity index (χ1v) is 7.37. The van der Waals surface area contributed by atoms with Crippen LogP contribution in [0.5, 0.6) is 5.75 Å². The minimum Gasteiger partial charge on any atom is -0.496 e. The standard InChI is InChI=1S/C16H21N3O2/c1-16(8-5-9-17-11-16)15-18-14(19-21-15)10-12-6-3-4-7-13(12)20-2/h3-4,6-7,17H,5,8-11H2,1-2H3. The van der Waals surface area contributed by atoms with Gasteiger partial charge in [0.2, 0.25) is 5.89 Å². The Kier molecular flexibility index (Phi) is 3.92. The molecule has 1 aliphatic rings. The second-order valence-electron chi connectivity index (χ2n) is 5.85. The van der Waals surface area contributed by atoms with Crippen LogP contribution in [0.4, 0.5) is 0 Å². The van der Waals surface area contributed by atoms with Crippen molar-refractivity contribution in [3.8, 4) is 5.75 Å². The number of piperidine rings is 1. The van der Waals surface area contributed by atoms with E-state index in [1.165, 1.54) is 0 Å². The Labute approximate surface area is 124 Å². The van der Waals surface area contributed by atoms with E-state index >= 15 is 0 Å². The number of methoxy groups -OCH3 is 1. The maximum absolute atomic E-state index is 5.51. The number of hydrogen-bond acceptors (Lipinski definition) is 5. The lowest BCUT2D eigenvalue weighted by Gasteiger charge is -2.30. The molecule has 0 spiro atoms. The minimum atomic E-state index is -0.0513. The van der Waals surface area contributed by atoms with E-state index in [4.69, 9.17) is 9.26 Å². The Balaban J connectivity index is 1.79. The number of benzene rings is 1. The van der Waals surface area contributed by atoms with Crippen molar-refractivity contribution in [1.82, 2.24) is 15.5 Å². The molecule has 2 aromatic rings. The molecule has 1 fully saturated rings. The average Bonchev–Trinajstić information content (AvgIpc) is 2.98. The molecule has 3 rings (SSSR count). The summed E-state index contributed by atoms with van der Waals surface area (Å²) in [5.74, 6) is 2.30. The molecule has 5 heteroatoms. The summed E-state index contributed by atoms with van der Waals surface area (Å²) in [7, 11) is 1.68. The van der Waals surface area contributed by atoms with Crippen LogP contribution in [0.1, 0.15) is 37.0 Å². The lowest BCUT2D eigenvalue weighted by atomic mass is 9.83. The average molecular weight is 287 g/mol. The molecule has 0 amide bonds. The molecule has 0 aliphatic carbocycles. The van der Waals surface area contributed by atoms with Crippen molar-refractivity contribution < 1.29 is 9.26 Å². The lowest BCUT2D eigenvalue weighted by molar-refractivity contribution is 0.245. The molecular formula is C16H21N3O2. The molecule has 1 atom stereocenters. The van der Waals surface area contributed by atoms with Crippen molar-refractivity contribution in [1.29, 1.82) is 0 Å². The molecule has 0 bridgehead atoms. The highest BCUT2D eigenvalue weighted by Crippen LogP contribution is 2.29. The summed E-state index contributed by atoms with van der Waals surface area (Å²) in [6, 6.07) is 7.92. The van der Waals surface area contributed by atoms with Gasteiger partial charge in [-0.25, -0.2) is 0 Å². The van der Waals surface area contributed by atoms with E-state index in [0.717, 1.165) is 43.1 Å². The zero-order chi connectivity index (χ0) is 14.7. The van der Waals surface area contributed by atoms with Gasteiger partial charge in [0, 0.05) is 18.5 Å². The summed E-state index contributed by atoms with van der Waals surface area (Å²) in [5.41, 5.74) is 1.02. The fraction of sp³-hybridized carbons (Fsp3) is 0.500. The first kappa shape index (κ1) is 14.1. The Morgan fingerprint density at radius 1 is 1.38 bits per heavy atom. The number of aromatic nitrogens is 2. The Bertz CT molecular complexity index is 603. The Morgan fingerprint density at radius 2 is 2.24 bits per heavy atom. The molecule has 21 heavy (non-hydrogen) atoms. The third-order valence-electron chi connectivity index (χ3n) is 4.12. The molecule has 1 unspecified atom stereocenters. The zero-order valence-corrected chi connectivity index (χ0v) is 12.6. The maximum Gasteiger partial charge on any atom is 0.233 e. The maximum atomic E-state index is 5.51. The lowest BCUT2D eigenvalue weighted by Crippen LogP contribution is -2.41. The van der Waals surface area contributed by atoms with E-state index in [1.54, 1.807) is 7.11 Å². The molecule has 1 aromatic heterocycles. The van der Waals surface area contributed by atoms with E-state index in [1.807, 2.05) is 24.3 Å². The van der Waals surface area contributed by atoms with Crippen LogP contribution in [-0.4, -0.2) is 30.3 Å². The number of rotatable bonds is 4. The fourth-order valence-corrected chi connectivity index (χ4v) is 2.83. The van der Waals surface area contributed by atoms with Crippen LogP contribution in [0.15, 0.2) is 28.8 Å². The molecule has 1 aliphatic heterocycles. The molecule has 5 nitrogen and oxygen atoms in total. The summed E-state index contributed by atoms with van der Waals surface area (Å²) >= 11 is 0. The molecule has 2 heterocycles. The second-order valence-corrected chi connectivity index (χ2v) is 5.85. The van der Waals surface area contributed by atoms with E-state index in [2.05, 4.69) is 22.4 Å². The fourth-order valence-electron chi connectivity index (χ4n) is 2.83. The summed E-state index contributed by atoms with van der Waals surface area (Å²) in [5, 5.41) is 7.54. The van der Waals surface area contributed by atoms with Gasteiger partial charge in [0.15, 0.2) is 5.82 Å². The summed E-state index contributed by atoms with van der Waals surface area (Å²) < 4.78 is 10.9. The van der Waals surface area contributed by atoms with Gasteiger partial charge in [-0.3, -0.25) is 0 Å². The number of ether oxygens (including phenoxy) is 1. The van der Waals surface area contributed by atoms with Crippen molar-refractivity contribution in [2.45, 2.75) is 31.6 Å². The van der Waals surface area contributed by atoms with Gasteiger partial charge in [-0.15, -0.1) is 0 Å². The van der Waals surface area contributed by atoms with Gasteiger partial charge in [0.05, 0.1) is 12.5 Å². The number of nitrogens with one attached hydrogen (secondary N) is 1. The van der Waals surface area contributed by atoms with Crippen LogP contribution in [0, 0.1) is 0 Å². The molecule has 1 saturated heterocycles. The predicted octanol–water partition coefficient (Wildman–Crippen LogP) is 2.31. The molecule has 112 valence electrons. The molecule has 0 saturated carbocycles. The van der Waals surface area contributed by atoms with Gasteiger partial charge in [-0.05, 0) is 32.4 Å². The van der Waals surface area contributed by atoms with Gasteiger partial charge in [0.1, 0.15) is 5.75 Å². The van der Waals surface area contributed by atoms with E-state index in [0.29, 0.717) is 12.2 Å². The highest BCUT2D eigenvalue weighted by Gasteiger charge is 2.34. The topological polar surface area (TPSA) is 60.2 Å². The highest BCUT2D eigenvalue weighted by atomic mass is 16.5. The van der Waals surface area contributed by atoms with E-state index in [-0.39, 0.29) is 5.41 Å². The van der Waals surface area contributed by atoms with E-state index < -0.39 is 0 Å². The third-order valence-corrected chi connectivity index (χ3v) is 4.12. The van der Waals surface area contributed by atoms with Crippen LogP contribution in [0.25, 0.3) is 0 Å². The number of para-hydroxylation sites is 1. The monoisotopic (exact) mass is 287 g/mol. The molecule has 1 N–H and O–H groups in total. The predicted molar refractivity (Wildman–Crippen MR) is 79.6 cm³/mol. The van der Waals surface area contributed by atoms with E-state index in [9.17, 15) is 0 Å². The Hall–Kier alpha value is -1.88. The zero-order valence-electron chi connectivity index (χ0n) is 12.6. The smallest absolute Gasteiger partial charge is 0.233 e. The SMILES string of the molecule is COc1ccccc1Cc1noc(C2(C)CCCNC2)n1. The van der Waals surface area contributed by atoms with Gasteiger partial charge in [0.25, 0.3) is 0 Å². The van der Waals surface area contributed by atoms with Crippen LogP contribution in [0.2, 0.25) is 0 Å². The van der Waals surface area contributed by atoms with Crippen molar-refractivity contribution in [2.75, 3.05) is 20.2 Å². The summed E-state index contributed by atoms with van der Waals surface area (Å²) in [6.07, 6.45) is 2.84. The molecule has 1 aromatic carbocycles. The minimum absolute atomic E-state index is 0.0513. The normalized spacial score (nSPS) is 22.2. The van der Waals surface area contributed by atoms with Crippen molar-refractivity contribution >= 4 is 0 Å². The number of hydrogen-bond donors (Lipinski definition) is 1. The van der Waals surface area contributed by atoms with Crippen LogP contribution in [-0.2, 0) is 11.8 Å². The summed E-state index contributed by atoms with van der Waals surface area (Å²) in [6.45, 7) is 4.14. The third kappa shape index (κ3) is 2.93. The van der Waals surface area contributed by atoms with Crippen molar-refractivity contribution in [3.05, 3.63) is 41.5 Å². The first-order valence-electron chi connectivity index (χ1n) is 7.37. The van der Waals surface area contributed by atoms with Crippen molar-refractivity contribution in [3.63, 3.8) is 0 Å². The van der Waals surface area contributed by atoms with Crippen LogP contribution in [0.3, 0.4) is 0 Å². The summed E-state index contributed by atoms with van der Waals surface area (Å²) in [4.78, 5) is 4.60. The largest absolute Gasteiger partial charge is 0.496 e. The van der Waals surface area contributed by atoms with Gasteiger partial charge in [-0.2, -0.15) is 4.98 Å². The van der Waals surface area contributed by atoms with Gasteiger partial charge >= 0.3 is 0 Å². The molecule has 0 radical (unpaired) electrons. The molecular weight excluding hydrogens is 266 g/mol. The van der Waals surface area contributed by atoms with Crippen molar-refractivity contribution in [2.24, 2.45) is 0 Å². The van der Waals surface area contributed by atoms with Crippen LogP contribution < -0.4 is 10.1 Å². The highest BCUT2D eigenvalue weighted by molar-refractivity contribution is 5.35. The quantitative estimate of drug-likeness (QED) is 0.935. The first-order chi connectivity index (χ1) is 10.2. The second kappa shape index (κ2) is 5.85. The van der Waals surface area contributed by atoms with Crippen LogP contribution >= 0.6 is 0 Å².